The fraction of sp³-hybridized carbons (Fsp3) is 0.966. The van der Waals surface area contributed by atoms with Crippen LogP contribution in [0.25, 0.3) is 0 Å². The lowest BCUT2D eigenvalue weighted by atomic mass is 9.86. The van der Waals surface area contributed by atoms with E-state index in [1.165, 1.54) is 0 Å². The lowest BCUT2D eigenvalue weighted by molar-refractivity contribution is -0.474. The monoisotopic (exact) mass is 1260 g/mol. The van der Waals surface area contributed by atoms with Gasteiger partial charge in [0.05, 0.1) is 4.08 Å². The van der Waals surface area contributed by atoms with E-state index >= 15 is 0 Å². The predicted octanol–water partition coefficient (Wildman–Crippen LogP) is 16.4. The first kappa shape index (κ1) is 72.2. The van der Waals surface area contributed by atoms with Crippen LogP contribution in [0.5, 0.6) is 0 Å². The molecule has 0 aromatic carbocycles. The highest BCUT2D eigenvalue weighted by Gasteiger charge is 3.00. The molecule has 0 aromatic heterocycles. The quantitative estimate of drug-likeness (QED) is 0.0657. The molecular formula is C29H16F42O2S2. The largest absolute Gasteiger partial charge is 0.481 e. The number of carboxylic acid groups (broad SMARTS) is 1. The Hall–Kier alpha value is -2.77. The van der Waals surface area contributed by atoms with Crippen molar-refractivity contribution in [2.24, 2.45) is 0 Å². The fourth-order valence-electron chi connectivity index (χ4n) is 4.81. The third kappa shape index (κ3) is 10.4. The average molecular weight is 1260 g/mol. The molecule has 0 aliphatic carbocycles. The van der Waals surface area contributed by atoms with E-state index in [0.29, 0.717) is 0 Å². The van der Waals surface area contributed by atoms with Gasteiger partial charge >= 0.3 is 125 Å². The van der Waals surface area contributed by atoms with E-state index in [0.717, 1.165) is 0 Å². The smallest absolute Gasteiger partial charge is 0.460 e. The van der Waals surface area contributed by atoms with Crippen molar-refractivity contribution in [1.29, 1.82) is 0 Å². The van der Waals surface area contributed by atoms with Crippen molar-refractivity contribution >= 4 is 29.5 Å². The number of carbonyl (C=O) groups is 1. The molecule has 0 aliphatic heterocycles. The molecule has 75 heavy (non-hydrogen) atoms. The SMILES string of the molecule is CC(CCC(=O)O)(SCCC(F)(F)C(F)(F)C(F)(F)C(F)(F)C(F)(F)C(F)(F)C(F)(F)C(F)(F)C(F)(F)C(F)(F)F)SCCC(F)(F)C(F)(F)C(F)(F)C(F)(F)C(F)(F)C(F)(F)C(F)(F)C(F)(F)C(F)(F)C(F)(F)F. The number of aliphatic carboxylic acids is 1. The van der Waals surface area contributed by atoms with E-state index in [4.69, 9.17) is 5.11 Å². The summed E-state index contributed by atoms with van der Waals surface area (Å²) in [7, 11) is 0. The van der Waals surface area contributed by atoms with Gasteiger partial charge in [-0.3, -0.25) is 4.79 Å². The summed E-state index contributed by atoms with van der Waals surface area (Å²) in [5.41, 5.74) is 0. The summed E-state index contributed by atoms with van der Waals surface area (Å²) in [6.07, 6.45) is -26.9. The Kier molecular flexibility index (Phi) is 18.8. The van der Waals surface area contributed by atoms with E-state index < -0.39 is 190 Å². The molecule has 0 spiro atoms. The molecule has 2 nitrogen and oxygen atoms in total. The highest BCUT2D eigenvalue weighted by Crippen LogP contribution is 2.69. The summed E-state index contributed by atoms with van der Waals surface area (Å²) in [6, 6.07) is 0. The summed E-state index contributed by atoms with van der Waals surface area (Å²) in [4.78, 5) is 11.0. The molecule has 0 saturated heterocycles. The molecule has 0 heterocycles. The lowest BCUT2D eigenvalue weighted by Gasteiger charge is -2.44. The van der Waals surface area contributed by atoms with Crippen LogP contribution in [0.1, 0.15) is 32.6 Å². The van der Waals surface area contributed by atoms with Crippen LogP contribution in [0.4, 0.5) is 184 Å². The third-order valence-electron chi connectivity index (χ3n) is 9.59. The number of rotatable bonds is 27. The summed E-state index contributed by atoms with van der Waals surface area (Å²) in [6.45, 7) is 0.0746. The highest BCUT2D eigenvalue weighted by molar-refractivity contribution is 8.18. The van der Waals surface area contributed by atoms with Gasteiger partial charge in [-0.2, -0.15) is 184 Å². The molecule has 1 N–H and O–H groups in total. The minimum Gasteiger partial charge on any atom is -0.481 e. The Morgan fingerprint density at radius 3 is 0.600 bits per heavy atom. The second-order valence-corrected chi connectivity index (χ2v) is 18.3. The van der Waals surface area contributed by atoms with Gasteiger partial charge in [0.2, 0.25) is 0 Å². The van der Waals surface area contributed by atoms with Crippen LogP contribution in [0.2, 0.25) is 0 Å². The first-order chi connectivity index (χ1) is 31.8. The van der Waals surface area contributed by atoms with Crippen molar-refractivity contribution in [2.45, 2.75) is 156 Å². The van der Waals surface area contributed by atoms with Gasteiger partial charge in [-0.15, -0.1) is 23.5 Å². The number of hydrogen-bond donors (Lipinski definition) is 1. The second-order valence-electron chi connectivity index (χ2n) is 14.8. The van der Waals surface area contributed by atoms with Crippen LogP contribution in [0.15, 0.2) is 0 Å². The van der Waals surface area contributed by atoms with E-state index in [1.54, 1.807) is 0 Å². The Bertz CT molecular complexity index is 1870. The van der Waals surface area contributed by atoms with Crippen LogP contribution < -0.4 is 0 Å². The maximum atomic E-state index is 14.5. The molecular weight excluding hydrogens is 1240 g/mol. The molecule has 0 radical (unpaired) electrons. The highest BCUT2D eigenvalue weighted by atomic mass is 32.2. The van der Waals surface area contributed by atoms with Gasteiger partial charge in [0, 0.05) is 30.8 Å². The van der Waals surface area contributed by atoms with Gasteiger partial charge in [0.15, 0.2) is 0 Å². The van der Waals surface area contributed by atoms with Crippen molar-refractivity contribution in [3.63, 3.8) is 0 Å². The summed E-state index contributed by atoms with van der Waals surface area (Å²) in [5.74, 6) is -170. The van der Waals surface area contributed by atoms with E-state index in [9.17, 15) is 189 Å². The Labute approximate surface area is 391 Å². The van der Waals surface area contributed by atoms with E-state index in [1.807, 2.05) is 0 Å². The molecule has 46 heteroatoms. The molecule has 0 fully saturated rings. The Morgan fingerprint density at radius 1 is 0.280 bits per heavy atom. The van der Waals surface area contributed by atoms with Gasteiger partial charge in [-0.05, 0) is 13.3 Å². The van der Waals surface area contributed by atoms with Crippen LogP contribution in [0.3, 0.4) is 0 Å². The van der Waals surface area contributed by atoms with Crippen LogP contribution in [-0.4, -0.2) is 146 Å². The minimum atomic E-state index is -9.60. The van der Waals surface area contributed by atoms with Crippen LogP contribution in [0, 0.1) is 0 Å². The number of carboxylic acids is 1. The molecule has 0 rings (SSSR count). The molecule has 0 aromatic rings. The zero-order valence-electron chi connectivity index (χ0n) is 33.8. The predicted molar refractivity (Wildman–Crippen MR) is 161 cm³/mol. The van der Waals surface area contributed by atoms with E-state index in [-0.39, 0.29) is 6.92 Å². The topological polar surface area (TPSA) is 37.3 Å². The minimum absolute atomic E-state index is 0.0746. The van der Waals surface area contributed by atoms with Crippen LogP contribution >= 0.6 is 23.5 Å². The first-order valence-corrected chi connectivity index (χ1v) is 19.2. The van der Waals surface area contributed by atoms with Crippen molar-refractivity contribution < 1.29 is 194 Å². The summed E-state index contributed by atoms with van der Waals surface area (Å²) < 4.78 is 570. The molecule has 0 atom stereocenters. The summed E-state index contributed by atoms with van der Waals surface area (Å²) >= 11 is -1.94. The normalized spacial score (nSPS) is 16.7. The van der Waals surface area contributed by atoms with Crippen molar-refractivity contribution in [3.8, 4) is 0 Å². The van der Waals surface area contributed by atoms with Crippen molar-refractivity contribution in [2.75, 3.05) is 11.5 Å². The zero-order valence-corrected chi connectivity index (χ0v) is 35.4. The van der Waals surface area contributed by atoms with Gasteiger partial charge in [-0.1, -0.05) is 0 Å². The standard InChI is InChI=1S/C29H16F42O2S2/c1-9(3-2-8(72)73,74-6-4-10(30,31)12(34,35)14(38,39)16(42,43)18(46,47)20(50,51)22(54,55)24(58,59)26(62,63)28(66,67)68)75-7-5-11(32,33)13(36,37)15(40,41)17(44,45)19(48,49)21(52,53)23(56,57)25(60,61)27(64,65)29(69,70)71/h2-7H2,1H3,(H,72,73). The summed E-state index contributed by atoms with van der Waals surface area (Å²) in [5, 5.41) is 8.77. The van der Waals surface area contributed by atoms with Gasteiger partial charge < -0.3 is 5.11 Å². The van der Waals surface area contributed by atoms with Crippen molar-refractivity contribution in [1.82, 2.24) is 0 Å². The molecule has 0 saturated carbocycles. The van der Waals surface area contributed by atoms with Crippen LogP contribution in [-0.2, 0) is 4.79 Å². The maximum Gasteiger partial charge on any atom is 0.460 e. The molecule has 0 aliphatic rings. The number of halogens is 42. The van der Waals surface area contributed by atoms with Gasteiger partial charge in [0.25, 0.3) is 0 Å². The number of alkyl halides is 42. The number of thioether (sulfide) groups is 2. The van der Waals surface area contributed by atoms with E-state index in [2.05, 4.69) is 0 Å². The maximum absolute atomic E-state index is 14.5. The number of hydrogen-bond acceptors (Lipinski definition) is 3. The average Bonchev–Trinajstić information content (AvgIpc) is 3.17. The lowest BCUT2D eigenvalue weighted by Crippen LogP contribution is -2.76. The first-order valence-electron chi connectivity index (χ1n) is 17.3. The zero-order chi connectivity index (χ0) is 61.7. The Morgan fingerprint density at radius 2 is 0.440 bits per heavy atom. The molecule has 450 valence electrons. The Balaban J connectivity index is 7.01. The van der Waals surface area contributed by atoms with Gasteiger partial charge in [0.1, 0.15) is 0 Å². The fourth-order valence-corrected chi connectivity index (χ4v) is 7.71. The molecule has 0 amide bonds. The molecule has 0 bridgehead atoms. The molecule has 0 unspecified atom stereocenters. The third-order valence-corrected chi connectivity index (χ3v) is 12.7. The second kappa shape index (κ2) is 19.5. The van der Waals surface area contributed by atoms with Crippen molar-refractivity contribution in [3.05, 3.63) is 0 Å². The van der Waals surface area contributed by atoms with Gasteiger partial charge in [-0.25, -0.2) is 0 Å².